The number of furan rings is 2. The minimum Gasteiger partial charge on any atom is -0.456 e. The fourth-order valence-corrected chi connectivity index (χ4v) is 18.8. The summed E-state index contributed by atoms with van der Waals surface area (Å²) < 4.78 is 13.6. The molecular weight excluding hydrogens is 1460 g/mol. The zero-order valence-corrected chi connectivity index (χ0v) is 64.9. The molecule has 8 nitrogen and oxygen atoms in total. The Morgan fingerprint density at radius 3 is 0.808 bits per heavy atom. The van der Waals surface area contributed by atoms with Gasteiger partial charge in [0, 0.05) is 54.9 Å². The summed E-state index contributed by atoms with van der Waals surface area (Å²) in [4.78, 5) is 29.7. The summed E-state index contributed by atoms with van der Waals surface area (Å²) in [5.74, 6) is 3.85. The van der Waals surface area contributed by atoms with Crippen molar-refractivity contribution in [2.45, 2.75) is 10.8 Å². The van der Waals surface area contributed by atoms with E-state index in [1.165, 1.54) is 72.1 Å². The molecule has 2 aliphatic carbocycles. The van der Waals surface area contributed by atoms with Gasteiger partial charge in [0.15, 0.2) is 34.9 Å². The van der Waals surface area contributed by atoms with Crippen molar-refractivity contribution < 1.29 is 8.83 Å². The number of benzene rings is 18. The molecule has 8 heteroatoms. The number of rotatable bonds is 12. The lowest BCUT2D eigenvalue weighted by Crippen LogP contribution is -2.28. The molecule has 0 fully saturated rings. The molecule has 0 radical (unpaired) electrons. The van der Waals surface area contributed by atoms with Gasteiger partial charge in [-0.15, -0.1) is 0 Å². The van der Waals surface area contributed by atoms with Gasteiger partial charge in [-0.05, 0) is 165 Å². The number of fused-ring (bicyclic) bond motifs is 14. The van der Waals surface area contributed by atoms with Crippen molar-refractivity contribution in [3.63, 3.8) is 0 Å². The Bertz CT molecular complexity index is 7630. The topological polar surface area (TPSA) is 104 Å². The van der Waals surface area contributed by atoms with E-state index in [1.807, 2.05) is 91.0 Å². The van der Waals surface area contributed by atoms with E-state index >= 15 is 0 Å². The second kappa shape index (κ2) is 28.5. The van der Waals surface area contributed by atoms with E-state index < -0.39 is 10.8 Å². The predicted molar refractivity (Wildman–Crippen MR) is 487 cm³/mol. The van der Waals surface area contributed by atoms with Crippen molar-refractivity contribution in [1.82, 2.24) is 29.9 Å². The first-order valence-corrected chi connectivity index (χ1v) is 40.7. The smallest absolute Gasteiger partial charge is 0.164 e. The fraction of sp³-hybridized carbons (Fsp3) is 0.0179. The maximum absolute atomic E-state index is 6.79. The maximum atomic E-state index is 6.79. The monoisotopic (exact) mass is 1530 g/mol. The van der Waals surface area contributed by atoms with Gasteiger partial charge < -0.3 is 8.83 Å². The summed E-state index contributed by atoms with van der Waals surface area (Å²) in [6.45, 7) is 0. The lowest BCUT2D eigenvalue weighted by molar-refractivity contribution is 0.665. The SMILES string of the molecule is c1ccc(-c2nc(-c3ccc(-c4ccc5c(c4)oc4cc(C6(c7ccccc7)c7ccccc7-c7ccccc76)ccc45)cc3)nc(-c3ccc4ccccc4c3)n2)cc1.c1ccc(-c2nc(-c3ccccc3)nc(-c3ccc4cc(-c5ccc6c(c5)oc5cc(C7(c8ccccc8)c8ccccc8-c8ccccc87)ccc56)ccc4c3)n2)cc1. The number of aromatic nitrogens is 6. The number of hydrogen-bond donors (Lipinski definition) is 0. The molecule has 0 atom stereocenters. The van der Waals surface area contributed by atoms with Gasteiger partial charge in [0.1, 0.15) is 22.3 Å². The largest absolute Gasteiger partial charge is 0.456 e. The zero-order valence-electron chi connectivity index (χ0n) is 64.9. The molecule has 22 aromatic rings. The summed E-state index contributed by atoms with van der Waals surface area (Å²) in [6, 6.07) is 150. The summed E-state index contributed by atoms with van der Waals surface area (Å²) in [5, 5.41) is 8.98. The minimum atomic E-state index is -0.481. The van der Waals surface area contributed by atoms with Gasteiger partial charge in [-0.3, -0.25) is 0 Å². The standard InChI is InChI=1S/2C56H35N3O/c1-4-14-36(15-5-1)53-57-54(37-16-6-2-7-17-37)59-55(58-53)42-27-26-38-32-39(24-25-40(38)33-42)41-28-30-47-48-31-29-44(35-52(48)60-51(47)34-41)56(43-18-8-3-9-19-43)49-22-12-10-20-45(49)46-21-11-13-23-50(46)56;1-3-14-38(15-4-1)53-57-54(59-55(58-53)42-28-25-36-13-7-8-16-40(36)33-42)39-26-23-37(24-27-39)41-29-31-47-48-32-30-44(35-52(48)60-51(47)34-41)56(43-17-5-2-6-18-43)49-21-11-9-19-45(49)46-20-10-12-22-50(46)56/h2*1-35H. The molecule has 18 aromatic carbocycles. The Hall–Kier alpha value is -15.9. The Morgan fingerprint density at radius 2 is 0.408 bits per heavy atom. The average Bonchev–Trinajstić information content (AvgIpc) is 0.999. The normalized spacial score (nSPS) is 12.8. The third-order valence-corrected chi connectivity index (χ3v) is 24.4. The van der Waals surface area contributed by atoms with E-state index in [0.717, 1.165) is 116 Å². The van der Waals surface area contributed by atoms with Crippen molar-refractivity contribution >= 4 is 65.4 Å². The average molecular weight is 1530 g/mol. The highest BCUT2D eigenvalue weighted by molar-refractivity contribution is 6.08. The van der Waals surface area contributed by atoms with Gasteiger partial charge in [-0.2, -0.15) is 0 Å². The van der Waals surface area contributed by atoms with Crippen LogP contribution in [0.4, 0.5) is 0 Å². The first-order chi connectivity index (χ1) is 59.4. The highest BCUT2D eigenvalue weighted by atomic mass is 16.3. The van der Waals surface area contributed by atoms with Crippen LogP contribution in [0.2, 0.25) is 0 Å². The molecule has 24 rings (SSSR count). The van der Waals surface area contributed by atoms with Crippen molar-refractivity contribution in [2.24, 2.45) is 0 Å². The first kappa shape index (κ1) is 69.6. The Balaban J connectivity index is 0.000000140. The highest BCUT2D eigenvalue weighted by Gasteiger charge is 2.48. The minimum absolute atomic E-state index is 0.477. The number of hydrogen-bond acceptors (Lipinski definition) is 8. The Morgan fingerprint density at radius 1 is 0.158 bits per heavy atom. The fourth-order valence-electron chi connectivity index (χ4n) is 18.8. The van der Waals surface area contributed by atoms with Crippen LogP contribution in [0.1, 0.15) is 44.5 Å². The molecule has 2 aliphatic rings. The van der Waals surface area contributed by atoms with Crippen LogP contribution in [-0.4, -0.2) is 29.9 Å². The third kappa shape index (κ3) is 11.6. The molecule has 0 spiro atoms. The van der Waals surface area contributed by atoms with E-state index in [9.17, 15) is 0 Å². The molecule has 4 heterocycles. The van der Waals surface area contributed by atoms with Crippen LogP contribution >= 0.6 is 0 Å². The molecule has 0 saturated heterocycles. The van der Waals surface area contributed by atoms with E-state index in [4.69, 9.17) is 38.7 Å². The summed E-state index contributed by atoms with van der Waals surface area (Å²) in [7, 11) is 0. The summed E-state index contributed by atoms with van der Waals surface area (Å²) in [6.07, 6.45) is 0. The van der Waals surface area contributed by atoms with Crippen LogP contribution in [0.15, 0.2) is 433 Å². The predicted octanol–water partition coefficient (Wildman–Crippen LogP) is 27.9. The zero-order chi connectivity index (χ0) is 79.2. The lowest BCUT2D eigenvalue weighted by atomic mass is 9.67. The molecule has 0 amide bonds. The van der Waals surface area contributed by atoms with Gasteiger partial charge in [0.2, 0.25) is 0 Å². The molecule has 560 valence electrons. The molecule has 0 aliphatic heterocycles. The Labute approximate surface area is 692 Å². The molecule has 4 aromatic heterocycles. The van der Waals surface area contributed by atoms with Crippen molar-refractivity contribution in [1.29, 1.82) is 0 Å². The second-order valence-electron chi connectivity index (χ2n) is 31.1. The van der Waals surface area contributed by atoms with Crippen LogP contribution in [-0.2, 0) is 10.8 Å². The molecule has 0 saturated carbocycles. The van der Waals surface area contributed by atoms with E-state index in [2.05, 4.69) is 334 Å². The van der Waals surface area contributed by atoms with Crippen LogP contribution in [0, 0.1) is 0 Å². The van der Waals surface area contributed by atoms with Crippen LogP contribution in [0.5, 0.6) is 0 Å². The van der Waals surface area contributed by atoms with Crippen LogP contribution < -0.4 is 0 Å². The Kier molecular flexibility index (Phi) is 16.5. The second-order valence-corrected chi connectivity index (χ2v) is 31.1. The summed E-state index contributed by atoms with van der Waals surface area (Å²) >= 11 is 0. The molecule has 0 N–H and O–H groups in total. The maximum Gasteiger partial charge on any atom is 0.164 e. The van der Waals surface area contributed by atoms with Crippen LogP contribution in [0.3, 0.4) is 0 Å². The first-order valence-electron chi connectivity index (χ1n) is 40.7. The van der Waals surface area contributed by atoms with Gasteiger partial charge in [0.25, 0.3) is 0 Å². The van der Waals surface area contributed by atoms with Crippen molar-refractivity contribution in [2.75, 3.05) is 0 Å². The quantitative estimate of drug-likeness (QED) is 0.119. The highest BCUT2D eigenvalue weighted by Crippen LogP contribution is 2.59. The van der Waals surface area contributed by atoms with Crippen molar-refractivity contribution in [3.05, 3.63) is 469 Å². The van der Waals surface area contributed by atoms with Gasteiger partial charge in [-0.1, -0.05) is 370 Å². The lowest BCUT2D eigenvalue weighted by Gasteiger charge is -2.33. The molecule has 120 heavy (non-hydrogen) atoms. The molecule has 0 bridgehead atoms. The van der Waals surface area contributed by atoms with Gasteiger partial charge in [0.05, 0.1) is 10.8 Å². The molecular formula is C112H70N6O2. The van der Waals surface area contributed by atoms with Gasteiger partial charge >= 0.3 is 0 Å². The third-order valence-electron chi connectivity index (χ3n) is 24.4. The van der Waals surface area contributed by atoms with E-state index in [0.29, 0.717) is 34.9 Å². The summed E-state index contributed by atoms with van der Waals surface area (Å²) in [5.41, 5.74) is 27.7. The van der Waals surface area contributed by atoms with Gasteiger partial charge in [-0.25, -0.2) is 29.9 Å². The van der Waals surface area contributed by atoms with Crippen LogP contribution in [0.25, 0.3) is 178 Å². The van der Waals surface area contributed by atoms with Crippen molar-refractivity contribution in [3.8, 4) is 113 Å². The van der Waals surface area contributed by atoms with E-state index in [1.54, 1.807) is 0 Å². The number of nitrogens with zero attached hydrogens (tertiary/aromatic N) is 6. The van der Waals surface area contributed by atoms with E-state index in [-0.39, 0.29) is 0 Å². The molecule has 0 unspecified atom stereocenters.